The Morgan fingerprint density at radius 2 is 1.13 bits per heavy atom. The van der Waals surface area contributed by atoms with Crippen LogP contribution in [-0.2, 0) is 0 Å². The average molecular weight is 486 g/mol. The zero-order chi connectivity index (χ0) is 24.8. The lowest BCUT2D eigenvalue weighted by atomic mass is 10.00. The molecule has 3 aromatic heterocycles. The van der Waals surface area contributed by atoms with E-state index in [1.807, 2.05) is 18.2 Å². The second kappa shape index (κ2) is 7.17. The maximum atomic E-state index is 6.55. The van der Waals surface area contributed by atoms with Gasteiger partial charge in [-0.2, -0.15) is 0 Å². The Hall–Kier alpha value is -5.22. The number of rotatable bonds is 2. The van der Waals surface area contributed by atoms with Gasteiger partial charge in [-0.1, -0.05) is 84.9 Å². The molecule has 6 aromatic carbocycles. The van der Waals surface area contributed by atoms with Crippen molar-refractivity contribution >= 4 is 65.4 Å². The molecule has 0 saturated heterocycles. The highest BCUT2D eigenvalue weighted by Crippen LogP contribution is 2.44. The van der Waals surface area contributed by atoms with Crippen LogP contribution in [0.25, 0.3) is 82.6 Å². The van der Waals surface area contributed by atoms with Gasteiger partial charge in [0, 0.05) is 32.5 Å². The largest absolute Gasteiger partial charge is 0.456 e. The molecule has 176 valence electrons. The molecule has 0 radical (unpaired) electrons. The zero-order valence-electron chi connectivity index (χ0n) is 20.2. The van der Waals surface area contributed by atoms with E-state index in [9.17, 15) is 0 Å². The third kappa shape index (κ3) is 2.53. The Balaban J connectivity index is 1.52. The van der Waals surface area contributed by atoms with Crippen LogP contribution < -0.4 is 0 Å². The van der Waals surface area contributed by atoms with Crippen LogP contribution in [0.15, 0.2) is 120 Å². The monoisotopic (exact) mass is 485 g/mol. The fraction of sp³-hybridized carbons (Fsp3) is 0. The number of aromatic nitrogens is 3. The number of fused-ring (bicyclic) bond motifs is 1. The summed E-state index contributed by atoms with van der Waals surface area (Å²) in [6.07, 6.45) is 0. The maximum Gasteiger partial charge on any atom is 0.235 e. The molecule has 0 amide bonds. The summed E-state index contributed by atoms with van der Waals surface area (Å²) < 4.78 is 8.78. The molecule has 0 spiro atoms. The van der Waals surface area contributed by atoms with E-state index in [4.69, 9.17) is 14.4 Å². The number of para-hydroxylation sites is 1. The maximum absolute atomic E-state index is 6.55. The van der Waals surface area contributed by atoms with Crippen LogP contribution in [0.1, 0.15) is 0 Å². The van der Waals surface area contributed by atoms with Crippen molar-refractivity contribution in [2.24, 2.45) is 0 Å². The average Bonchev–Trinajstić information content (AvgIpc) is 3.23. The van der Waals surface area contributed by atoms with E-state index >= 15 is 0 Å². The van der Waals surface area contributed by atoms with Crippen molar-refractivity contribution in [2.45, 2.75) is 0 Å². The van der Waals surface area contributed by atoms with Gasteiger partial charge in [-0.25, -0.2) is 9.97 Å². The first-order chi connectivity index (χ1) is 18.8. The zero-order valence-corrected chi connectivity index (χ0v) is 20.2. The van der Waals surface area contributed by atoms with Crippen molar-refractivity contribution in [3.8, 4) is 17.2 Å². The van der Waals surface area contributed by atoms with Crippen LogP contribution in [-0.4, -0.2) is 14.5 Å². The number of hydrogen-bond acceptors (Lipinski definition) is 3. The van der Waals surface area contributed by atoms with E-state index < -0.39 is 0 Å². The Morgan fingerprint density at radius 1 is 0.500 bits per heavy atom. The van der Waals surface area contributed by atoms with Crippen molar-refractivity contribution in [1.29, 1.82) is 0 Å². The molecule has 0 aliphatic rings. The first kappa shape index (κ1) is 19.9. The highest BCUT2D eigenvalue weighted by molar-refractivity contribution is 6.33. The third-order valence-electron chi connectivity index (χ3n) is 7.76. The first-order valence-electron chi connectivity index (χ1n) is 12.8. The van der Waals surface area contributed by atoms with Crippen molar-refractivity contribution < 1.29 is 4.42 Å². The fourth-order valence-electron chi connectivity index (χ4n) is 6.16. The van der Waals surface area contributed by atoms with Crippen LogP contribution in [0.2, 0.25) is 0 Å². The number of nitrogens with zero attached hydrogens (tertiary/aromatic N) is 3. The summed E-state index contributed by atoms with van der Waals surface area (Å²) in [5.74, 6) is 0.665. The van der Waals surface area contributed by atoms with Crippen LogP contribution >= 0.6 is 0 Å². The molecule has 0 unspecified atom stereocenters. The molecule has 0 atom stereocenters. The topological polar surface area (TPSA) is 43.9 Å². The second-order valence-corrected chi connectivity index (χ2v) is 9.82. The van der Waals surface area contributed by atoms with E-state index in [0.717, 1.165) is 65.9 Å². The van der Waals surface area contributed by atoms with E-state index in [2.05, 4.69) is 102 Å². The van der Waals surface area contributed by atoms with Crippen molar-refractivity contribution in [1.82, 2.24) is 14.5 Å². The van der Waals surface area contributed by atoms with Gasteiger partial charge in [0.2, 0.25) is 5.95 Å². The fourth-order valence-corrected chi connectivity index (χ4v) is 6.16. The molecule has 3 heterocycles. The lowest BCUT2D eigenvalue weighted by Gasteiger charge is -2.12. The van der Waals surface area contributed by atoms with Crippen LogP contribution in [0.3, 0.4) is 0 Å². The Labute approximate surface area is 216 Å². The van der Waals surface area contributed by atoms with Gasteiger partial charge < -0.3 is 4.42 Å². The minimum absolute atomic E-state index is 0.665. The van der Waals surface area contributed by atoms with Gasteiger partial charge in [-0.3, -0.25) is 4.57 Å². The predicted molar refractivity (Wildman–Crippen MR) is 155 cm³/mol. The van der Waals surface area contributed by atoms with Gasteiger partial charge in [0.25, 0.3) is 0 Å². The summed E-state index contributed by atoms with van der Waals surface area (Å²) >= 11 is 0. The van der Waals surface area contributed by atoms with Gasteiger partial charge >= 0.3 is 0 Å². The third-order valence-corrected chi connectivity index (χ3v) is 7.76. The molecule has 0 aliphatic heterocycles. The molecule has 38 heavy (non-hydrogen) atoms. The van der Waals surface area contributed by atoms with E-state index in [1.54, 1.807) is 0 Å². The smallest absolute Gasteiger partial charge is 0.235 e. The summed E-state index contributed by atoms with van der Waals surface area (Å²) in [6.45, 7) is 0. The molecular formula is C34H19N3O. The Bertz CT molecular complexity index is 2240. The molecule has 0 bridgehead atoms. The SMILES string of the molecule is c1ccc(-c2nc(-n3c4ccc5cccc6oc7cccc8ccc3c(c87)c4c56)nc3ccccc23)cc1. The van der Waals surface area contributed by atoms with Gasteiger partial charge in [-0.15, -0.1) is 0 Å². The standard InChI is InChI=1S/C34H19N3O/c1-2-8-22(9-3-1)33-23-12-4-5-13-24(23)35-34(36-33)37-25-18-16-20-10-6-14-27-29(20)31(25)32-26(37)19-17-21-11-7-15-28(38-27)30(21)32/h1-19H. The van der Waals surface area contributed by atoms with E-state index in [0.29, 0.717) is 5.95 Å². The molecule has 9 rings (SSSR count). The van der Waals surface area contributed by atoms with Gasteiger partial charge in [0.05, 0.1) is 22.2 Å². The lowest BCUT2D eigenvalue weighted by Crippen LogP contribution is -2.03. The molecule has 4 nitrogen and oxygen atoms in total. The molecule has 0 aliphatic carbocycles. The summed E-state index contributed by atoms with van der Waals surface area (Å²) in [5, 5.41) is 7.97. The molecular weight excluding hydrogens is 466 g/mol. The van der Waals surface area contributed by atoms with Crippen LogP contribution in [0.4, 0.5) is 0 Å². The summed E-state index contributed by atoms with van der Waals surface area (Å²) in [7, 11) is 0. The molecule has 0 fully saturated rings. The number of benzene rings is 6. The Kier molecular flexibility index (Phi) is 3.76. The molecule has 4 heteroatoms. The first-order valence-corrected chi connectivity index (χ1v) is 12.8. The number of hydrogen-bond donors (Lipinski definition) is 0. The Morgan fingerprint density at radius 3 is 1.82 bits per heavy atom. The minimum atomic E-state index is 0.665. The molecule has 0 saturated carbocycles. The normalized spacial score (nSPS) is 12.2. The van der Waals surface area contributed by atoms with Crippen molar-refractivity contribution in [2.75, 3.05) is 0 Å². The lowest BCUT2D eigenvalue weighted by molar-refractivity contribution is 0.664. The van der Waals surface area contributed by atoms with Gasteiger partial charge in [-0.05, 0) is 41.1 Å². The second-order valence-electron chi connectivity index (χ2n) is 9.82. The van der Waals surface area contributed by atoms with Crippen molar-refractivity contribution in [3.63, 3.8) is 0 Å². The molecule has 0 N–H and O–H groups in total. The summed E-state index contributed by atoms with van der Waals surface area (Å²) in [6, 6.07) is 39.9. The van der Waals surface area contributed by atoms with Crippen molar-refractivity contribution in [3.05, 3.63) is 115 Å². The van der Waals surface area contributed by atoms with Crippen LogP contribution in [0.5, 0.6) is 0 Å². The summed E-state index contributed by atoms with van der Waals surface area (Å²) in [4.78, 5) is 10.4. The van der Waals surface area contributed by atoms with Crippen LogP contribution in [0, 0.1) is 0 Å². The summed E-state index contributed by atoms with van der Waals surface area (Å²) in [5.41, 5.74) is 6.82. The predicted octanol–water partition coefficient (Wildman–Crippen LogP) is 8.88. The minimum Gasteiger partial charge on any atom is -0.456 e. The van der Waals surface area contributed by atoms with E-state index in [-0.39, 0.29) is 0 Å². The molecule has 9 aromatic rings. The van der Waals surface area contributed by atoms with E-state index in [1.165, 1.54) is 10.8 Å². The highest BCUT2D eigenvalue weighted by atomic mass is 16.3. The van der Waals surface area contributed by atoms with Gasteiger partial charge in [0.15, 0.2) is 0 Å². The quantitative estimate of drug-likeness (QED) is 0.246. The highest BCUT2D eigenvalue weighted by Gasteiger charge is 2.23. The van der Waals surface area contributed by atoms with Gasteiger partial charge in [0.1, 0.15) is 11.2 Å².